The molecular formula is C9H18NO. The summed E-state index contributed by atoms with van der Waals surface area (Å²) in [5.41, 5.74) is 0. The second-order valence-electron chi connectivity index (χ2n) is 3.58. The van der Waals surface area contributed by atoms with Gasteiger partial charge in [-0.15, -0.1) is 0 Å². The van der Waals surface area contributed by atoms with Crippen molar-refractivity contribution < 1.29 is 5.11 Å². The van der Waals surface area contributed by atoms with E-state index in [1.165, 1.54) is 25.9 Å². The van der Waals surface area contributed by atoms with E-state index in [-0.39, 0.29) is 6.61 Å². The zero-order valence-corrected chi connectivity index (χ0v) is 7.38. The summed E-state index contributed by atoms with van der Waals surface area (Å²) < 4.78 is 0. The summed E-state index contributed by atoms with van der Waals surface area (Å²) in [5, 5.41) is 10.2. The molecular weight excluding hydrogens is 138 g/mol. The number of piperidine rings is 1. The van der Waals surface area contributed by atoms with Gasteiger partial charge in [0.1, 0.15) is 0 Å². The molecule has 0 amide bonds. The Morgan fingerprint density at radius 2 is 2.00 bits per heavy atom. The van der Waals surface area contributed by atoms with E-state index in [1.807, 2.05) is 0 Å². The van der Waals surface area contributed by atoms with Gasteiger partial charge >= 0.3 is 0 Å². The van der Waals surface area contributed by atoms with Crippen molar-refractivity contribution in [3.8, 4) is 0 Å². The summed E-state index contributed by atoms with van der Waals surface area (Å²) in [6, 6.07) is 0. The maximum Gasteiger partial charge on any atom is 0.0834 e. The van der Waals surface area contributed by atoms with Crippen LogP contribution in [0.25, 0.3) is 0 Å². The lowest BCUT2D eigenvalue weighted by atomic mass is 9.99. The Bertz CT molecular complexity index is 95.0. The summed E-state index contributed by atoms with van der Waals surface area (Å²) in [6.07, 6.45) is 3.46. The molecule has 0 atom stereocenters. The summed E-state index contributed by atoms with van der Waals surface area (Å²) >= 11 is 0. The van der Waals surface area contributed by atoms with Crippen molar-refractivity contribution in [1.29, 1.82) is 0 Å². The smallest absolute Gasteiger partial charge is 0.0834 e. The third kappa shape index (κ3) is 3.21. The van der Waals surface area contributed by atoms with Crippen LogP contribution >= 0.6 is 0 Å². The average molecular weight is 156 g/mol. The lowest BCUT2D eigenvalue weighted by molar-refractivity contribution is 0.145. The molecule has 0 aromatic rings. The molecule has 0 aromatic carbocycles. The number of nitrogens with zero attached hydrogens (tertiary/aromatic N) is 1. The third-order valence-electron chi connectivity index (χ3n) is 2.49. The van der Waals surface area contributed by atoms with Crippen LogP contribution in [0.2, 0.25) is 0 Å². The minimum Gasteiger partial charge on any atom is -0.303 e. The van der Waals surface area contributed by atoms with Gasteiger partial charge in [0.15, 0.2) is 0 Å². The van der Waals surface area contributed by atoms with Crippen LogP contribution in [-0.2, 0) is 5.11 Å². The van der Waals surface area contributed by atoms with Gasteiger partial charge in [0.05, 0.1) is 6.61 Å². The average Bonchev–Trinajstić information content (AvgIpc) is 2.04. The minimum atomic E-state index is 0.0893. The molecule has 11 heavy (non-hydrogen) atoms. The predicted octanol–water partition coefficient (Wildman–Crippen LogP) is 1.54. The fourth-order valence-corrected chi connectivity index (χ4v) is 1.57. The molecule has 1 saturated heterocycles. The second kappa shape index (κ2) is 4.73. The lowest BCUT2D eigenvalue weighted by Crippen LogP contribution is -2.33. The van der Waals surface area contributed by atoms with Gasteiger partial charge in [0.2, 0.25) is 0 Å². The van der Waals surface area contributed by atoms with E-state index in [0.717, 1.165) is 18.9 Å². The highest BCUT2D eigenvalue weighted by Crippen LogP contribution is 2.15. The van der Waals surface area contributed by atoms with Crippen LogP contribution in [0.3, 0.4) is 0 Å². The molecule has 1 fully saturated rings. The molecule has 0 unspecified atom stereocenters. The van der Waals surface area contributed by atoms with E-state index in [2.05, 4.69) is 11.8 Å². The Labute approximate surface area is 69.2 Å². The monoisotopic (exact) mass is 156 g/mol. The minimum absolute atomic E-state index is 0.0893. The quantitative estimate of drug-likeness (QED) is 0.608. The van der Waals surface area contributed by atoms with E-state index in [4.69, 9.17) is 0 Å². The molecule has 1 aliphatic rings. The number of likely N-dealkylation sites (tertiary alicyclic amines) is 1. The molecule has 1 radical (unpaired) electrons. The van der Waals surface area contributed by atoms with Crippen LogP contribution in [0.15, 0.2) is 0 Å². The van der Waals surface area contributed by atoms with Gasteiger partial charge in [-0.1, -0.05) is 6.92 Å². The molecule has 0 aliphatic carbocycles. The molecule has 65 valence electrons. The largest absolute Gasteiger partial charge is 0.303 e. The lowest BCUT2D eigenvalue weighted by Gasteiger charge is -2.29. The number of hydrogen-bond donors (Lipinski definition) is 0. The molecule has 0 saturated carbocycles. The van der Waals surface area contributed by atoms with Crippen molar-refractivity contribution in [2.45, 2.75) is 26.2 Å². The van der Waals surface area contributed by atoms with Crippen LogP contribution in [0.1, 0.15) is 26.2 Å². The highest BCUT2D eigenvalue weighted by atomic mass is 16.3. The summed E-state index contributed by atoms with van der Waals surface area (Å²) in [7, 11) is 0. The van der Waals surface area contributed by atoms with Crippen molar-refractivity contribution >= 4 is 0 Å². The molecule has 0 bridgehead atoms. The standard InChI is InChI=1S/C9H18NO/c1-9-3-6-10(7-4-9)5-2-8-11/h9H,2-8H2,1H3. The Morgan fingerprint density at radius 3 is 2.55 bits per heavy atom. The van der Waals surface area contributed by atoms with E-state index in [9.17, 15) is 5.11 Å². The summed E-state index contributed by atoms with van der Waals surface area (Å²) in [5.74, 6) is 0.901. The van der Waals surface area contributed by atoms with Gasteiger partial charge < -0.3 is 4.90 Å². The highest BCUT2D eigenvalue weighted by Gasteiger charge is 2.14. The SMILES string of the molecule is CC1CCN(CCC[O])CC1. The maximum absolute atomic E-state index is 10.2. The van der Waals surface area contributed by atoms with Gasteiger partial charge in [-0.25, -0.2) is 5.11 Å². The first-order valence-electron chi connectivity index (χ1n) is 4.63. The van der Waals surface area contributed by atoms with Gasteiger partial charge in [-0.05, 0) is 38.3 Å². The third-order valence-corrected chi connectivity index (χ3v) is 2.49. The van der Waals surface area contributed by atoms with Gasteiger partial charge in [-0.2, -0.15) is 0 Å². The van der Waals surface area contributed by atoms with Crippen molar-refractivity contribution in [3.05, 3.63) is 0 Å². The van der Waals surface area contributed by atoms with Crippen molar-refractivity contribution in [2.75, 3.05) is 26.2 Å². The van der Waals surface area contributed by atoms with Crippen LogP contribution in [0, 0.1) is 5.92 Å². The normalized spacial score (nSPS) is 22.4. The summed E-state index contributed by atoms with van der Waals surface area (Å²) in [4.78, 5) is 2.41. The Morgan fingerprint density at radius 1 is 1.36 bits per heavy atom. The molecule has 1 heterocycles. The van der Waals surface area contributed by atoms with Crippen LogP contribution in [0.5, 0.6) is 0 Å². The first-order chi connectivity index (χ1) is 5.33. The molecule has 2 nitrogen and oxygen atoms in total. The predicted molar refractivity (Wildman–Crippen MR) is 45.0 cm³/mol. The van der Waals surface area contributed by atoms with Gasteiger partial charge in [-0.3, -0.25) is 0 Å². The van der Waals surface area contributed by atoms with Gasteiger partial charge in [0, 0.05) is 6.54 Å². The first kappa shape index (κ1) is 9.01. The van der Waals surface area contributed by atoms with Crippen LogP contribution < -0.4 is 0 Å². The van der Waals surface area contributed by atoms with Gasteiger partial charge in [0.25, 0.3) is 0 Å². The zero-order valence-electron chi connectivity index (χ0n) is 7.38. The van der Waals surface area contributed by atoms with E-state index >= 15 is 0 Å². The van der Waals surface area contributed by atoms with Crippen LogP contribution in [0.4, 0.5) is 0 Å². The maximum atomic E-state index is 10.2. The molecule has 0 N–H and O–H groups in total. The van der Waals surface area contributed by atoms with Crippen molar-refractivity contribution in [1.82, 2.24) is 4.90 Å². The fraction of sp³-hybridized carbons (Fsp3) is 1.00. The van der Waals surface area contributed by atoms with E-state index in [0.29, 0.717) is 0 Å². The van der Waals surface area contributed by atoms with Crippen molar-refractivity contribution in [3.63, 3.8) is 0 Å². The molecule has 2 heteroatoms. The Hall–Kier alpha value is -0.0800. The summed E-state index contributed by atoms with van der Waals surface area (Å²) in [6.45, 7) is 5.84. The number of hydrogen-bond acceptors (Lipinski definition) is 1. The second-order valence-corrected chi connectivity index (χ2v) is 3.58. The highest BCUT2D eigenvalue weighted by molar-refractivity contribution is 4.68. The molecule has 1 aliphatic heterocycles. The van der Waals surface area contributed by atoms with Crippen molar-refractivity contribution in [2.24, 2.45) is 5.92 Å². The number of rotatable bonds is 3. The topological polar surface area (TPSA) is 23.1 Å². The van der Waals surface area contributed by atoms with E-state index < -0.39 is 0 Å². The molecule has 0 aromatic heterocycles. The zero-order chi connectivity index (χ0) is 8.10. The molecule has 0 spiro atoms. The van der Waals surface area contributed by atoms with Crippen LogP contribution in [-0.4, -0.2) is 31.1 Å². The molecule has 1 rings (SSSR count). The fourth-order valence-electron chi connectivity index (χ4n) is 1.57. The first-order valence-corrected chi connectivity index (χ1v) is 4.63. The van der Waals surface area contributed by atoms with E-state index in [1.54, 1.807) is 0 Å². The Balaban J connectivity index is 2.07. The Kier molecular flexibility index (Phi) is 3.87.